The summed E-state index contributed by atoms with van der Waals surface area (Å²) in [5.41, 5.74) is -0.222. The first-order valence-corrected chi connectivity index (χ1v) is 12.6. The van der Waals surface area contributed by atoms with Crippen molar-refractivity contribution < 1.29 is 22.3 Å². The predicted molar refractivity (Wildman–Crippen MR) is 119 cm³/mol. The summed E-state index contributed by atoms with van der Waals surface area (Å²) in [6.45, 7) is 2.12. The van der Waals surface area contributed by atoms with Crippen molar-refractivity contribution >= 4 is 38.9 Å². The molecule has 1 heterocycles. The van der Waals surface area contributed by atoms with E-state index in [1.807, 2.05) is 6.92 Å². The third kappa shape index (κ3) is 5.02. The third-order valence-electron chi connectivity index (χ3n) is 6.22. The lowest BCUT2D eigenvalue weighted by molar-refractivity contribution is -0.127. The summed E-state index contributed by atoms with van der Waals surface area (Å²) >= 11 is 11.8. The highest BCUT2D eigenvalue weighted by Gasteiger charge is 2.48. The lowest BCUT2D eigenvalue weighted by Crippen LogP contribution is -2.41. The fourth-order valence-corrected chi connectivity index (χ4v) is 6.58. The third-order valence-corrected chi connectivity index (χ3v) is 9.10. The molecule has 0 aliphatic heterocycles. The fraction of sp³-hybridized carbons (Fsp3) is 0.455. The largest absolute Gasteiger partial charge is 0.492 e. The molecular weight excluding hydrogens is 478 g/mol. The number of ether oxygens (including phenoxy) is 1. The van der Waals surface area contributed by atoms with E-state index in [9.17, 15) is 17.6 Å². The molecule has 172 valence electrons. The van der Waals surface area contributed by atoms with Crippen molar-refractivity contribution in [1.29, 1.82) is 0 Å². The number of nitrogens with one attached hydrogen (secondary N) is 1. The van der Waals surface area contributed by atoms with Gasteiger partial charge in [-0.05, 0) is 62.9 Å². The molecule has 2 aliphatic rings. The molecule has 2 fully saturated rings. The second kappa shape index (κ2) is 8.80. The molecule has 3 atom stereocenters. The first kappa shape index (κ1) is 23.3. The zero-order valence-corrected chi connectivity index (χ0v) is 19.7. The maximum Gasteiger partial charge on any atom is 0.223 e. The molecule has 3 unspecified atom stereocenters. The lowest BCUT2D eigenvalue weighted by atomic mass is 9.95. The SMILES string of the molecule is CC1(NC(=O)C2CC(S(=O)(=O)c3ccc(F)cc3Cl)CC2COc2ccc(Cl)nc2)CC1. The highest BCUT2D eigenvalue weighted by atomic mass is 35.5. The molecule has 6 nitrogen and oxygen atoms in total. The average molecular weight is 501 g/mol. The highest BCUT2D eigenvalue weighted by molar-refractivity contribution is 7.92. The molecule has 32 heavy (non-hydrogen) atoms. The van der Waals surface area contributed by atoms with Crippen molar-refractivity contribution in [3.05, 3.63) is 52.5 Å². The lowest BCUT2D eigenvalue weighted by Gasteiger charge is -2.21. The van der Waals surface area contributed by atoms with Crippen LogP contribution in [0.3, 0.4) is 0 Å². The summed E-state index contributed by atoms with van der Waals surface area (Å²) in [5.74, 6) is -1.16. The molecule has 0 spiro atoms. The molecule has 0 saturated heterocycles. The van der Waals surface area contributed by atoms with E-state index < -0.39 is 26.8 Å². The Morgan fingerprint density at radius 3 is 2.62 bits per heavy atom. The van der Waals surface area contributed by atoms with Crippen LogP contribution in [0.4, 0.5) is 4.39 Å². The Morgan fingerprint density at radius 2 is 2.00 bits per heavy atom. The van der Waals surface area contributed by atoms with Crippen molar-refractivity contribution in [1.82, 2.24) is 10.3 Å². The zero-order valence-electron chi connectivity index (χ0n) is 17.4. The number of halogens is 3. The van der Waals surface area contributed by atoms with Crippen LogP contribution in [0.2, 0.25) is 10.2 Å². The number of hydrogen-bond acceptors (Lipinski definition) is 5. The van der Waals surface area contributed by atoms with Gasteiger partial charge in [-0.25, -0.2) is 17.8 Å². The number of hydrogen-bond donors (Lipinski definition) is 1. The number of carbonyl (C=O) groups excluding carboxylic acids is 1. The number of amides is 1. The molecule has 1 aromatic carbocycles. The predicted octanol–water partition coefficient (Wildman–Crippen LogP) is 4.44. The highest BCUT2D eigenvalue weighted by Crippen LogP contribution is 2.42. The Balaban J connectivity index is 1.55. The van der Waals surface area contributed by atoms with Crippen molar-refractivity contribution in [3.8, 4) is 5.75 Å². The van der Waals surface area contributed by atoms with Gasteiger partial charge in [0.25, 0.3) is 0 Å². The first-order valence-electron chi connectivity index (χ1n) is 10.3. The molecule has 2 saturated carbocycles. The van der Waals surface area contributed by atoms with Crippen LogP contribution in [0, 0.1) is 17.7 Å². The van der Waals surface area contributed by atoms with Crippen LogP contribution in [-0.4, -0.2) is 36.7 Å². The van der Waals surface area contributed by atoms with Gasteiger partial charge >= 0.3 is 0 Å². The van der Waals surface area contributed by atoms with Crippen LogP contribution in [0.15, 0.2) is 41.4 Å². The van der Waals surface area contributed by atoms with E-state index in [0.29, 0.717) is 10.9 Å². The normalized spacial score (nSPS) is 24.2. The van der Waals surface area contributed by atoms with Gasteiger partial charge in [0.1, 0.15) is 16.7 Å². The van der Waals surface area contributed by atoms with E-state index in [4.69, 9.17) is 27.9 Å². The van der Waals surface area contributed by atoms with Crippen LogP contribution in [-0.2, 0) is 14.6 Å². The molecule has 2 aromatic rings. The van der Waals surface area contributed by atoms with Gasteiger partial charge in [0.15, 0.2) is 9.84 Å². The number of aromatic nitrogens is 1. The summed E-state index contributed by atoms with van der Waals surface area (Å²) in [4.78, 5) is 16.9. The maximum atomic E-state index is 13.4. The van der Waals surface area contributed by atoms with Crippen molar-refractivity contribution in [3.63, 3.8) is 0 Å². The Labute approximate surface area is 196 Å². The van der Waals surface area contributed by atoms with Gasteiger partial charge in [0, 0.05) is 17.4 Å². The Bertz CT molecular complexity index is 1120. The quantitative estimate of drug-likeness (QED) is 0.448. The van der Waals surface area contributed by atoms with E-state index in [1.54, 1.807) is 12.1 Å². The summed E-state index contributed by atoms with van der Waals surface area (Å²) in [5, 5.41) is 2.38. The van der Waals surface area contributed by atoms with Crippen LogP contribution < -0.4 is 10.1 Å². The average Bonchev–Trinajstić information content (AvgIpc) is 3.28. The number of sulfone groups is 1. The van der Waals surface area contributed by atoms with Gasteiger partial charge < -0.3 is 10.1 Å². The van der Waals surface area contributed by atoms with Crippen LogP contribution in [0.5, 0.6) is 5.75 Å². The minimum absolute atomic E-state index is 0.123. The molecule has 1 aromatic heterocycles. The van der Waals surface area contributed by atoms with Gasteiger partial charge in [0.2, 0.25) is 5.91 Å². The van der Waals surface area contributed by atoms with E-state index >= 15 is 0 Å². The Morgan fingerprint density at radius 1 is 1.25 bits per heavy atom. The van der Waals surface area contributed by atoms with Gasteiger partial charge in [0.05, 0.1) is 28.0 Å². The molecule has 1 amide bonds. The maximum absolute atomic E-state index is 13.4. The van der Waals surface area contributed by atoms with Gasteiger partial charge in [-0.2, -0.15) is 0 Å². The minimum Gasteiger partial charge on any atom is -0.492 e. The van der Waals surface area contributed by atoms with Gasteiger partial charge in [-0.3, -0.25) is 4.79 Å². The second-order valence-electron chi connectivity index (χ2n) is 8.76. The van der Waals surface area contributed by atoms with E-state index in [0.717, 1.165) is 25.0 Å². The molecule has 4 rings (SSSR count). The second-order valence-corrected chi connectivity index (χ2v) is 11.7. The summed E-state index contributed by atoms with van der Waals surface area (Å²) in [6.07, 6.45) is 3.65. The number of rotatable bonds is 7. The zero-order chi connectivity index (χ0) is 23.1. The Hall–Kier alpha value is -1.90. The van der Waals surface area contributed by atoms with E-state index in [1.165, 1.54) is 12.3 Å². The Kier molecular flexibility index (Phi) is 6.40. The summed E-state index contributed by atoms with van der Waals surface area (Å²) in [7, 11) is -3.87. The van der Waals surface area contributed by atoms with E-state index in [-0.39, 0.29) is 46.7 Å². The van der Waals surface area contributed by atoms with Crippen molar-refractivity contribution in [2.75, 3.05) is 6.61 Å². The minimum atomic E-state index is -3.87. The number of nitrogens with zero attached hydrogens (tertiary/aromatic N) is 1. The molecule has 0 radical (unpaired) electrons. The number of benzene rings is 1. The van der Waals surface area contributed by atoms with Crippen LogP contribution in [0.25, 0.3) is 0 Å². The first-order chi connectivity index (χ1) is 15.1. The van der Waals surface area contributed by atoms with Gasteiger partial charge in [-0.1, -0.05) is 23.2 Å². The van der Waals surface area contributed by atoms with Crippen LogP contribution >= 0.6 is 23.2 Å². The number of pyridine rings is 1. The molecule has 1 N–H and O–H groups in total. The van der Waals surface area contributed by atoms with Crippen molar-refractivity contribution in [2.24, 2.45) is 11.8 Å². The standard InChI is InChI=1S/C22H23Cl2FN2O4S/c1-22(6-7-22)27-21(28)17-10-16(32(29,30)19-4-2-14(25)9-18(19)23)8-13(17)12-31-15-3-5-20(24)26-11-15/h2-5,9,11,13,16-17H,6-8,10,12H2,1H3,(H,27,28). The monoisotopic (exact) mass is 500 g/mol. The van der Waals surface area contributed by atoms with E-state index in [2.05, 4.69) is 10.3 Å². The summed E-state index contributed by atoms with van der Waals surface area (Å²) < 4.78 is 45.8. The molecule has 10 heteroatoms. The number of carbonyl (C=O) groups is 1. The summed E-state index contributed by atoms with van der Waals surface area (Å²) in [6, 6.07) is 6.48. The smallest absolute Gasteiger partial charge is 0.223 e. The van der Waals surface area contributed by atoms with Crippen LogP contribution in [0.1, 0.15) is 32.6 Å². The fourth-order valence-electron chi connectivity index (χ4n) is 4.07. The molecule has 0 bridgehead atoms. The molecular formula is C22H23Cl2FN2O4S. The molecule has 2 aliphatic carbocycles. The topological polar surface area (TPSA) is 85.4 Å². The van der Waals surface area contributed by atoms with Gasteiger partial charge in [-0.15, -0.1) is 0 Å². The van der Waals surface area contributed by atoms with Crippen molar-refractivity contribution in [2.45, 2.75) is 48.3 Å².